The predicted octanol–water partition coefficient (Wildman–Crippen LogP) is 3.05. The number of rotatable bonds is 1. The monoisotopic (exact) mass is 152 g/mol. The molecule has 0 unspecified atom stereocenters. The van der Waals surface area contributed by atoms with Crippen molar-refractivity contribution in [3.8, 4) is 0 Å². The molecule has 1 aliphatic rings. The van der Waals surface area contributed by atoms with E-state index in [-0.39, 0.29) is 5.92 Å². The molecule has 0 aromatic rings. The van der Waals surface area contributed by atoms with E-state index in [0.717, 1.165) is 12.0 Å². The first-order valence-electron chi connectivity index (χ1n) is 4.17. The van der Waals surface area contributed by atoms with Crippen molar-refractivity contribution in [3.05, 3.63) is 24.0 Å². The third-order valence-corrected chi connectivity index (χ3v) is 2.32. The van der Waals surface area contributed by atoms with Gasteiger partial charge in [0, 0.05) is 5.92 Å². The first kappa shape index (κ1) is 8.38. The summed E-state index contributed by atoms with van der Waals surface area (Å²) in [7, 11) is 0. The SMILES string of the molecule is C=C(C)[C@H]1CC[C@H](C)C=C1O. The Kier molecular flexibility index (Phi) is 2.38. The normalized spacial score (nSPS) is 31.3. The molecule has 0 saturated heterocycles. The number of hydrogen-bond acceptors (Lipinski definition) is 1. The molecule has 0 fully saturated rings. The molecule has 1 heteroatoms. The second kappa shape index (κ2) is 3.12. The van der Waals surface area contributed by atoms with E-state index in [9.17, 15) is 5.11 Å². The van der Waals surface area contributed by atoms with Crippen LogP contribution in [0, 0.1) is 11.8 Å². The van der Waals surface area contributed by atoms with Gasteiger partial charge in [0.2, 0.25) is 0 Å². The maximum Gasteiger partial charge on any atom is 0.0956 e. The summed E-state index contributed by atoms with van der Waals surface area (Å²) < 4.78 is 0. The Balaban J connectivity index is 2.72. The summed E-state index contributed by atoms with van der Waals surface area (Å²) in [6, 6.07) is 0. The zero-order valence-corrected chi connectivity index (χ0v) is 7.30. The van der Waals surface area contributed by atoms with Crippen molar-refractivity contribution in [2.45, 2.75) is 26.7 Å². The molecule has 0 aliphatic heterocycles. The lowest BCUT2D eigenvalue weighted by Crippen LogP contribution is -2.13. The van der Waals surface area contributed by atoms with Gasteiger partial charge in [0.05, 0.1) is 5.76 Å². The molecule has 0 bridgehead atoms. The van der Waals surface area contributed by atoms with Crippen LogP contribution in [0.2, 0.25) is 0 Å². The Morgan fingerprint density at radius 1 is 1.64 bits per heavy atom. The van der Waals surface area contributed by atoms with E-state index < -0.39 is 0 Å². The van der Waals surface area contributed by atoms with Gasteiger partial charge in [-0.1, -0.05) is 19.1 Å². The Hall–Kier alpha value is -0.720. The van der Waals surface area contributed by atoms with Crippen molar-refractivity contribution in [1.29, 1.82) is 0 Å². The van der Waals surface area contributed by atoms with Crippen LogP contribution >= 0.6 is 0 Å². The predicted molar refractivity (Wildman–Crippen MR) is 47.4 cm³/mol. The topological polar surface area (TPSA) is 20.2 Å². The number of aliphatic hydroxyl groups is 1. The Morgan fingerprint density at radius 2 is 2.27 bits per heavy atom. The van der Waals surface area contributed by atoms with Gasteiger partial charge < -0.3 is 5.11 Å². The molecule has 0 saturated carbocycles. The highest BCUT2D eigenvalue weighted by atomic mass is 16.3. The van der Waals surface area contributed by atoms with Crippen LogP contribution in [0.4, 0.5) is 0 Å². The summed E-state index contributed by atoms with van der Waals surface area (Å²) >= 11 is 0. The molecule has 0 aromatic carbocycles. The van der Waals surface area contributed by atoms with Crippen LogP contribution in [0.25, 0.3) is 0 Å². The quantitative estimate of drug-likeness (QED) is 0.572. The molecule has 0 spiro atoms. The lowest BCUT2D eigenvalue weighted by Gasteiger charge is -2.23. The highest BCUT2D eigenvalue weighted by molar-refractivity contribution is 5.15. The molecule has 1 rings (SSSR count). The third kappa shape index (κ3) is 1.86. The molecule has 62 valence electrons. The molecule has 1 N–H and O–H groups in total. The molecular weight excluding hydrogens is 136 g/mol. The van der Waals surface area contributed by atoms with Crippen LogP contribution in [0.3, 0.4) is 0 Å². The minimum absolute atomic E-state index is 0.228. The minimum atomic E-state index is 0.228. The Morgan fingerprint density at radius 3 is 2.73 bits per heavy atom. The van der Waals surface area contributed by atoms with Crippen molar-refractivity contribution >= 4 is 0 Å². The standard InChI is InChI=1S/C10H16O/c1-7(2)9-5-4-8(3)6-10(9)11/h6,8-9,11H,1,4-5H2,2-3H3/t8-,9+/m0/s1. The van der Waals surface area contributed by atoms with Crippen LogP contribution in [0.1, 0.15) is 26.7 Å². The molecule has 0 aromatic heterocycles. The molecular formula is C10H16O. The maximum absolute atomic E-state index is 9.51. The molecule has 0 radical (unpaired) electrons. The molecule has 0 heterocycles. The summed E-state index contributed by atoms with van der Waals surface area (Å²) in [4.78, 5) is 0. The van der Waals surface area contributed by atoms with Gasteiger partial charge in [-0.15, -0.1) is 0 Å². The highest BCUT2D eigenvalue weighted by Crippen LogP contribution is 2.30. The van der Waals surface area contributed by atoms with E-state index in [0.29, 0.717) is 11.7 Å². The van der Waals surface area contributed by atoms with Gasteiger partial charge in [0.25, 0.3) is 0 Å². The average molecular weight is 152 g/mol. The largest absolute Gasteiger partial charge is 0.512 e. The van der Waals surface area contributed by atoms with Crippen molar-refractivity contribution in [1.82, 2.24) is 0 Å². The molecule has 11 heavy (non-hydrogen) atoms. The van der Waals surface area contributed by atoms with Crippen molar-refractivity contribution < 1.29 is 5.11 Å². The van der Waals surface area contributed by atoms with Crippen LogP contribution in [0.15, 0.2) is 24.0 Å². The highest BCUT2D eigenvalue weighted by Gasteiger charge is 2.20. The van der Waals surface area contributed by atoms with Gasteiger partial charge in [0.15, 0.2) is 0 Å². The van der Waals surface area contributed by atoms with Gasteiger partial charge >= 0.3 is 0 Å². The van der Waals surface area contributed by atoms with Crippen LogP contribution in [-0.4, -0.2) is 5.11 Å². The van der Waals surface area contributed by atoms with Gasteiger partial charge in [0.1, 0.15) is 0 Å². The summed E-state index contributed by atoms with van der Waals surface area (Å²) in [6.45, 7) is 7.96. The molecule has 2 atom stereocenters. The van der Waals surface area contributed by atoms with E-state index in [1.165, 1.54) is 6.42 Å². The summed E-state index contributed by atoms with van der Waals surface area (Å²) in [5.74, 6) is 1.29. The molecule has 0 amide bonds. The lowest BCUT2D eigenvalue weighted by atomic mass is 9.84. The number of allylic oxidation sites excluding steroid dienone is 2. The Labute approximate surface area is 68.4 Å². The van der Waals surface area contributed by atoms with Gasteiger partial charge in [-0.3, -0.25) is 0 Å². The second-order valence-corrected chi connectivity index (χ2v) is 3.55. The zero-order chi connectivity index (χ0) is 8.43. The van der Waals surface area contributed by atoms with Crippen molar-refractivity contribution in [2.75, 3.05) is 0 Å². The third-order valence-electron chi connectivity index (χ3n) is 2.32. The minimum Gasteiger partial charge on any atom is -0.512 e. The Bertz CT molecular complexity index is 191. The van der Waals surface area contributed by atoms with Crippen LogP contribution in [-0.2, 0) is 0 Å². The smallest absolute Gasteiger partial charge is 0.0956 e. The van der Waals surface area contributed by atoms with E-state index in [4.69, 9.17) is 0 Å². The van der Waals surface area contributed by atoms with Gasteiger partial charge in [-0.05, 0) is 31.8 Å². The number of hydrogen-bond donors (Lipinski definition) is 1. The fourth-order valence-corrected chi connectivity index (χ4v) is 1.57. The van der Waals surface area contributed by atoms with Crippen molar-refractivity contribution in [2.24, 2.45) is 11.8 Å². The van der Waals surface area contributed by atoms with E-state index in [2.05, 4.69) is 13.5 Å². The fraction of sp³-hybridized carbons (Fsp3) is 0.600. The van der Waals surface area contributed by atoms with Crippen molar-refractivity contribution in [3.63, 3.8) is 0 Å². The maximum atomic E-state index is 9.51. The lowest BCUT2D eigenvalue weighted by molar-refractivity contribution is 0.306. The van der Waals surface area contributed by atoms with Gasteiger partial charge in [-0.25, -0.2) is 0 Å². The molecule has 1 nitrogen and oxygen atoms in total. The average Bonchev–Trinajstić information content (AvgIpc) is 1.85. The van der Waals surface area contributed by atoms with Gasteiger partial charge in [-0.2, -0.15) is 0 Å². The van der Waals surface area contributed by atoms with E-state index in [1.54, 1.807) is 0 Å². The first-order chi connectivity index (χ1) is 5.11. The molecule has 1 aliphatic carbocycles. The van der Waals surface area contributed by atoms with E-state index >= 15 is 0 Å². The first-order valence-corrected chi connectivity index (χ1v) is 4.17. The number of aliphatic hydroxyl groups excluding tert-OH is 1. The summed E-state index contributed by atoms with van der Waals surface area (Å²) in [5.41, 5.74) is 1.07. The van der Waals surface area contributed by atoms with Crippen LogP contribution in [0.5, 0.6) is 0 Å². The summed E-state index contributed by atoms with van der Waals surface area (Å²) in [5, 5.41) is 9.51. The zero-order valence-electron chi connectivity index (χ0n) is 7.30. The van der Waals surface area contributed by atoms with E-state index in [1.807, 2.05) is 13.0 Å². The van der Waals surface area contributed by atoms with Crippen LogP contribution < -0.4 is 0 Å². The fourth-order valence-electron chi connectivity index (χ4n) is 1.57. The second-order valence-electron chi connectivity index (χ2n) is 3.55. The summed E-state index contributed by atoms with van der Waals surface area (Å²) in [6.07, 6.45) is 4.17.